The number of fused-ring (bicyclic) bond motifs is 2. The third-order valence-electron chi connectivity index (χ3n) is 5.92. The molecule has 2 fully saturated rings. The monoisotopic (exact) mass is 377 g/mol. The molecular weight excluding hydrogens is 358 g/mol. The minimum atomic E-state index is -3.42. The Bertz CT molecular complexity index is 637. The van der Waals surface area contributed by atoms with E-state index >= 15 is 0 Å². The molecule has 3 nitrogen and oxygen atoms in total. The molecule has 0 spiro atoms. The minimum Gasteiger partial charge on any atom is -0.207 e. The Morgan fingerprint density at radius 1 is 1.40 bits per heavy atom. The lowest BCUT2D eigenvalue weighted by atomic mass is 9.69. The highest BCUT2D eigenvalue weighted by atomic mass is 79.9. The summed E-state index contributed by atoms with van der Waals surface area (Å²) in [5, 5.41) is 1.80. The summed E-state index contributed by atoms with van der Waals surface area (Å²) in [6, 6.07) is 1.83. The fourth-order valence-corrected chi connectivity index (χ4v) is 7.81. The molecule has 3 unspecified atom stereocenters. The summed E-state index contributed by atoms with van der Waals surface area (Å²) < 4.78 is 29.2. The topological polar surface area (TPSA) is 46.2 Å². The van der Waals surface area contributed by atoms with E-state index in [2.05, 4.69) is 41.4 Å². The Kier molecular flexibility index (Phi) is 3.41. The third-order valence-corrected chi connectivity index (χ3v) is 10.1. The average Bonchev–Trinajstić information content (AvgIpc) is 2.91. The average molecular weight is 378 g/mol. The smallest absolute Gasteiger partial charge is 0.207 e. The highest BCUT2D eigenvalue weighted by molar-refractivity contribution is 9.10. The Labute approximate surface area is 133 Å². The van der Waals surface area contributed by atoms with E-state index in [0.29, 0.717) is 14.6 Å². The molecule has 2 aliphatic carbocycles. The highest BCUT2D eigenvalue weighted by Crippen LogP contribution is 2.65. The van der Waals surface area contributed by atoms with Gasteiger partial charge in [-0.25, -0.2) is 13.1 Å². The van der Waals surface area contributed by atoms with E-state index in [0.717, 1.165) is 12.8 Å². The Morgan fingerprint density at radius 3 is 2.55 bits per heavy atom. The maximum absolute atomic E-state index is 12.6. The van der Waals surface area contributed by atoms with Crippen molar-refractivity contribution in [1.29, 1.82) is 0 Å². The van der Waals surface area contributed by atoms with Crippen LogP contribution in [-0.4, -0.2) is 14.5 Å². The Balaban J connectivity index is 1.89. The van der Waals surface area contributed by atoms with Crippen molar-refractivity contribution in [2.24, 2.45) is 16.7 Å². The predicted octanol–water partition coefficient (Wildman–Crippen LogP) is 4.00. The maximum Gasteiger partial charge on any atom is 0.251 e. The molecule has 2 bridgehead atoms. The molecule has 0 saturated heterocycles. The molecular formula is C14H20BrNO2S2. The maximum atomic E-state index is 12.6. The number of halogens is 1. The van der Waals surface area contributed by atoms with Crippen LogP contribution in [0.5, 0.6) is 0 Å². The molecule has 3 atom stereocenters. The molecule has 0 aliphatic heterocycles. The highest BCUT2D eigenvalue weighted by Gasteiger charge is 2.61. The van der Waals surface area contributed by atoms with Gasteiger partial charge in [-0.05, 0) is 63.4 Å². The van der Waals surface area contributed by atoms with Crippen LogP contribution in [0.25, 0.3) is 0 Å². The minimum absolute atomic E-state index is 0.0512. The molecule has 0 radical (unpaired) electrons. The molecule has 0 amide bonds. The number of thiophene rings is 1. The number of rotatable bonds is 3. The number of sulfonamides is 1. The first-order chi connectivity index (χ1) is 9.18. The fourth-order valence-electron chi connectivity index (χ4n) is 4.09. The van der Waals surface area contributed by atoms with Crippen LogP contribution < -0.4 is 4.72 Å². The second-order valence-corrected chi connectivity index (χ2v) is 10.5. The van der Waals surface area contributed by atoms with Crippen LogP contribution >= 0.6 is 27.3 Å². The molecule has 20 heavy (non-hydrogen) atoms. The molecule has 1 N–H and O–H groups in total. The normalized spacial score (nSPS) is 35.6. The largest absolute Gasteiger partial charge is 0.251 e. The van der Waals surface area contributed by atoms with Crippen molar-refractivity contribution in [2.45, 2.75) is 50.3 Å². The van der Waals surface area contributed by atoms with Crippen LogP contribution in [-0.2, 0) is 10.0 Å². The zero-order valence-electron chi connectivity index (χ0n) is 11.9. The van der Waals surface area contributed by atoms with Gasteiger partial charge in [-0.3, -0.25) is 0 Å². The molecule has 1 heterocycles. The van der Waals surface area contributed by atoms with Gasteiger partial charge in [-0.1, -0.05) is 20.8 Å². The van der Waals surface area contributed by atoms with Gasteiger partial charge >= 0.3 is 0 Å². The predicted molar refractivity (Wildman–Crippen MR) is 85.4 cm³/mol. The molecule has 6 heteroatoms. The molecule has 2 saturated carbocycles. The lowest BCUT2D eigenvalue weighted by Gasteiger charge is -2.39. The summed E-state index contributed by atoms with van der Waals surface area (Å²) in [5.41, 5.74) is 0.279. The lowest BCUT2D eigenvalue weighted by Crippen LogP contribution is -2.46. The molecule has 112 valence electrons. The first-order valence-corrected chi connectivity index (χ1v) is 10.1. The SMILES string of the molecule is CC1(C)C2CCC1(C)C(NS(=O)(=O)c1sccc1Br)C2. The summed E-state index contributed by atoms with van der Waals surface area (Å²) >= 11 is 4.58. The number of hydrogen-bond donors (Lipinski definition) is 1. The van der Waals surface area contributed by atoms with Crippen LogP contribution in [0.2, 0.25) is 0 Å². The summed E-state index contributed by atoms with van der Waals surface area (Å²) in [4.78, 5) is 0. The van der Waals surface area contributed by atoms with E-state index in [-0.39, 0.29) is 16.9 Å². The van der Waals surface area contributed by atoms with Crippen LogP contribution in [0.4, 0.5) is 0 Å². The summed E-state index contributed by atoms with van der Waals surface area (Å²) in [7, 11) is -3.42. The van der Waals surface area contributed by atoms with Gasteiger partial charge < -0.3 is 0 Å². The first kappa shape index (κ1) is 15.0. The number of hydrogen-bond acceptors (Lipinski definition) is 3. The van der Waals surface area contributed by atoms with Crippen LogP contribution in [0.15, 0.2) is 20.1 Å². The van der Waals surface area contributed by atoms with Crippen LogP contribution in [0, 0.1) is 16.7 Å². The molecule has 2 aliphatic rings. The zero-order chi connectivity index (χ0) is 14.8. The van der Waals surface area contributed by atoms with E-state index in [1.807, 2.05) is 0 Å². The van der Waals surface area contributed by atoms with Crippen molar-refractivity contribution < 1.29 is 8.42 Å². The van der Waals surface area contributed by atoms with Gasteiger partial charge in [0.2, 0.25) is 0 Å². The second-order valence-electron chi connectivity index (χ2n) is 6.84. The molecule has 3 rings (SSSR count). The molecule has 1 aromatic rings. The Hall–Kier alpha value is 0.0900. The van der Waals surface area contributed by atoms with Crippen molar-refractivity contribution in [2.75, 3.05) is 0 Å². The van der Waals surface area contributed by atoms with Gasteiger partial charge in [0.15, 0.2) is 0 Å². The summed E-state index contributed by atoms with van der Waals surface area (Å²) in [6.07, 6.45) is 3.31. The fraction of sp³-hybridized carbons (Fsp3) is 0.714. The standard InChI is InChI=1S/C14H20BrNO2S2/c1-13(2)9-4-6-14(13,3)11(8-9)16-20(17,18)12-10(15)5-7-19-12/h5,7,9,11,16H,4,6,8H2,1-3H3. The summed E-state index contributed by atoms with van der Waals surface area (Å²) in [6.45, 7) is 6.83. The van der Waals surface area contributed by atoms with Crippen molar-refractivity contribution in [3.8, 4) is 0 Å². The van der Waals surface area contributed by atoms with Crippen molar-refractivity contribution in [3.63, 3.8) is 0 Å². The molecule has 1 aromatic heterocycles. The van der Waals surface area contributed by atoms with Gasteiger partial charge in [-0.2, -0.15) is 0 Å². The zero-order valence-corrected chi connectivity index (χ0v) is 15.2. The number of nitrogens with one attached hydrogen (secondary N) is 1. The van der Waals surface area contributed by atoms with Gasteiger partial charge in [0.25, 0.3) is 10.0 Å². The van der Waals surface area contributed by atoms with Crippen molar-refractivity contribution >= 4 is 37.3 Å². The quantitative estimate of drug-likeness (QED) is 0.864. The Morgan fingerprint density at radius 2 is 2.10 bits per heavy atom. The summed E-state index contributed by atoms with van der Waals surface area (Å²) in [5.74, 6) is 0.631. The first-order valence-electron chi connectivity index (χ1n) is 6.94. The van der Waals surface area contributed by atoms with Crippen molar-refractivity contribution in [1.82, 2.24) is 4.72 Å². The van der Waals surface area contributed by atoms with Crippen molar-refractivity contribution in [3.05, 3.63) is 15.9 Å². The lowest BCUT2D eigenvalue weighted by molar-refractivity contribution is 0.130. The van der Waals surface area contributed by atoms with Gasteiger partial charge in [0.1, 0.15) is 4.21 Å². The van der Waals surface area contributed by atoms with Crippen LogP contribution in [0.1, 0.15) is 40.0 Å². The third kappa shape index (κ3) is 1.95. The van der Waals surface area contributed by atoms with E-state index in [1.165, 1.54) is 17.8 Å². The second kappa shape index (κ2) is 4.54. The molecule has 0 aromatic carbocycles. The van der Waals surface area contributed by atoms with E-state index < -0.39 is 10.0 Å². The van der Waals surface area contributed by atoms with E-state index in [1.54, 1.807) is 11.4 Å². The van der Waals surface area contributed by atoms with Gasteiger partial charge in [0, 0.05) is 10.5 Å². The van der Waals surface area contributed by atoms with Crippen LogP contribution in [0.3, 0.4) is 0 Å². The van der Waals surface area contributed by atoms with E-state index in [9.17, 15) is 8.42 Å². The van der Waals surface area contributed by atoms with Gasteiger partial charge in [-0.15, -0.1) is 11.3 Å². The van der Waals surface area contributed by atoms with Gasteiger partial charge in [0.05, 0.1) is 0 Å². The van der Waals surface area contributed by atoms with E-state index in [4.69, 9.17) is 0 Å².